The largest absolute Gasteiger partial charge is 0.338 e. The zero-order valence-electron chi connectivity index (χ0n) is 11.7. The van der Waals surface area contributed by atoms with Crippen molar-refractivity contribution in [2.75, 3.05) is 5.32 Å². The Labute approximate surface area is 127 Å². The monoisotopic (exact) mass is 287 g/mol. The molecular formula is C17H13N5. The maximum Gasteiger partial charge on any atom is 0.159 e. The summed E-state index contributed by atoms with van der Waals surface area (Å²) in [4.78, 5) is 8.73. The Bertz CT molecular complexity index is 900. The highest BCUT2D eigenvalue weighted by molar-refractivity contribution is 5.78. The molecule has 4 rings (SSSR count). The van der Waals surface area contributed by atoms with Crippen LogP contribution in [0.4, 0.5) is 11.5 Å². The highest BCUT2D eigenvalue weighted by Gasteiger charge is 2.14. The van der Waals surface area contributed by atoms with E-state index in [0.717, 1.165) is 28.4 Å². The molecule has 0 aliphatic rings. The van der Waals surface area contributed by atoms with E-state index < -0.39 is 0 Å². The first-order valence-electron chi connectivity index (χ1n) is 6.98. The van der Waals surface area contributed by atoms with Crippen LogP contribution in [0.3, 0.4) is 0 Å². The van der Waals surface area contributed by atoms with E-state index in [1.165, 1.54) is 0 Å². The number of rotatable bonds is 3. The Hall–Kier alpha value is -3.21. The van der Waals surface area contributed by atoms with E-state index in [9.17, 15) is 0 Å². The summed E-state index contributed by atoms with van der Waals surface area (Å²) in [7, 11) is 0. The molecule has 0 unspecified atom stereocenters. The van der Waals surface area contributed by atoms with Gasteiger partial charge in [0.05, 0.1) is 0 Å². The molecule has 5 nitrogen and oxygen atoms in total. The van der Waals surface area contributed by atoms with Gasteiger partial charge in [0.25, 0.3) is 0 Å². The summed E-state index contributed by atoms with van der Waals surface area (Å²) in [5.41, 5.74) is 3.72. The van der Waals surface area contributed by atoms with Gasteiger partial charge in [-0.05, 0) is 36.4 Å². The predicted molar refractivity (Wildman–Crippen MR) is 85.9 cm³/mol. The van der Waals surface area contributed by atoms with Crippen LogP contribution in [0.2, 0.25) is 0 Å². The van der Waals surface area contributed by atoms with E-state index in [2.05, 4.69) is 20.4 Å². The molecule has 0 spiro atoms. The topological polar surface area (TPSA) is 55.1 Å². The van der Waals surface area contributed by atoms with Crippen molar-refractivity contribution < 1.29 is 0 Å². The van der Waals surface area contributed by atoms with E-state index in [1.807, 2.05) is 59.1 Å². The fraction of sp³-hybridized carbons (Fsp3) is 0. The lowest BCUT2D eigenvalue weighted by Crippen LogP contribution is -1.96. The minimum absolute atomic E-state index is 0.774. The zero-order valence-corrected chi connectivity index (χ0v) is 11.7. The van der Waals surface area contributed by atoms with Gasteiger partial charge in [-0.1, -0.05) is 18.2 Å². The van der Waals surface area contributed by atoms with Crippen LogP contribution in [-0.2, 0) is 0 Å². The fourth-order valence-corrected chi connectivity index (χ4v) is 2.40. The van der Waals surface area contributed by atoms with Crippen LogP contribution in [0.25, 0.3) is 16.9 Å². The van der Waals surface area contributed by atoms with Crippen LogP contribution in [0, 0.1) is 0 Å². The van der Waals surface area contributed by atoms with Crippen molar-refractivity contribution in [1.82, 2.24) is 19.6 Å². The second-order valence-corrected chi connectivity index (χ2v) is 4.83. The molecule has 0 aliphatic carbocycles. The van der Waals surface area contributed by atoms with Crippen molar-refractivity contribution in [3.63, 3.8) is 0 Å². The Morgan fingerprint density at radius 1 is 0.818 bits per heavy atom. The molecule has 3 aromatic heterocycles. The Morgan fingerprint density at radius 2 is 1.64 bits per heavy atom. The van der Waals surface area contributed by atoms with Crippen molar-refractivity contribution >= 4 is 17.2 Å². The quantitative estimate of drug-likeness (QED) is 0.626. The Balaban J connectivity index is 1.90. The van der Waals surface area contributed by atoms with Gasteiger partial charge in [0.15, 0.2) is 11.5 Å². The summed E-state index contributed by atoms with van der Waals surface area (Å²) in [5, 5.41) is 7.78. The first-order chi connectivity index (χ1) is 10.9. The number of benzene rings is 1. The zero-order chi connectivity index (χ0) is 14.8. The Kier molecular flexibility index (Phi) is 3.01. The molecule has 0 radical (unpaired) electrons. The molecule has 4 aromatic rings. The normalized spacial score (nSPS) is 10.7. The third-order valence-electron chi connectivity index (χ3n) is 3.38. The first-order valence-corrected chi connectivity index (χ1v) is 6.98. The number of pyridine rings is 1. The van der Waals surface area contributed by atoms with E-state index in [-0.39, 0.29) is 0 Å². The smallest absolute Gasteiger partial charge is 0.159 e. The first kappa shape index (κ1) is 12.5. The number of para-hydroxylation sites is 1. The number of aromatic nitrogens is 4. The van der Waals surface area contributed by atoms with Crippen molar-refractivity contribution in [2.24, 2.45) is 0 Å². The minimum atomic E-state index is 0.774. The van der Waals surface area contributed by atoms with Crippen LogP contribution in [-0.4, -0.2) is 19.6 Å². The van der Waals surface area contributed by atoms with Crippen molar-refractivity contribution in [3.8, 4) is 11.3 Å². The lowest BCUT2D eigenvalue weighted by molar-refractivity contribution is 0.942. The van der Waals surface area contributed by atoms with Gasteiger partial charge in [0.2, 0.25) is 0 Å². The van der Waals surface area contributed by atoms with Crippen LogP contribution in [0.1, 0.15) is 0 Å². The van der Waals surface area contributed by atoms with E-state index in [0.29, 0.717) is 0 Å². The van der Waals surface area contributed by atoms with Gasteiger partial charge < -0.3 is 5.32 Å². The molecule has 0 atom stereocenters. The van der Waals surface area contributed by atoms with Gasteiger partial charge in [0.1, 0.15) is 5.69 Å². The third-order valence-corrected chi connectivity index (χ3v) is 3.38. The SMILES string of the molecule is c1ccc(Nc2nc3cccnn3c2-c2ccncc2)cc1. The van der Waals surface area contributed by atoms with Gasteiger partial charge >= 0.3 is 0 Å². The molecule has 0 fully saturated rings. The molecule has 5 heteroatoms. The molecule has 106 valence electrons. The summed E-state index contributed by atoms with van der Waals surface area (Å²) >= 11 is 0. The molecule has 22 heavy (non-hydrogen) atoms. The average Bonchev–Trinajstić information content (AvgIpc) is 2.94. The van der Waals surface area contributed by atoms with Crippen molar-refractivity contribution in [3.05, 3.63) is 73.2 Å². The number of nitrogens with one attached hydrogen (secondary N) is 1. The highest BCUT2D eigenvalue weighted by atomic mass is 15.3. The highest BCUT2D eigenvalue weighted by Crippen LogP contribution is 2.29. The lowest BCUT2D eigenvalue weighted by atomic mass is 10.2. The number of anilines is 2. The van der Waals surface area contributed by atoms with Gasteiger partial charge in [-0.2, -0.15) is 5.10 Å². The minimum Gasteiger partial charge on any atom is -0.338 e. The number of hydrogen-bond donors (Lipinski definition) is 1. The number of nitrogens with zero attached hydrogens (tertiary/aromatic N) is 4. The number of imidazole rings is 1. The molecule has 0 amide bonds. The van der Waals surface area contributed by atoms with Gasteiger partial charge in [0, 0.05) is 29.8 Å². The van der Waals surface area contributed by atoms with Crippen LogP contribution in [0.15, 0.2) is 73.2 Å². The van der Waals surface area contributed by atoms with E-state index in [4.69, 9.17) is 0 Å². The van der Waals surface area contributed by atoms with E-state index >= 15 is 0 Å². The second kappa shape index (κ2) is 5.29. The molecule has 0 saturated carbocycles. The van der Waals surface area contributed by atoms with Crippen LogP contribution in [0.5, 0.6) is 0 Å². The Morgan fingerprint density at radius 3 is 2.45 bits per heavy atom. The lowest BCUT2D eigenvalue weighted by Gasteiger charge is -2.06. The molecule has 3 heterocycles. The maximum absolute atomic E-state index is 4.65. The molecule has 0 bridgehead atoms. The van der Waals surface area contributed by atoms with Gasteiger partial charge in [-0.15, -0.1) is 0 Å². The fourth-order valence-electron chi connectivity index (χ4n) is 2.40. The maximum atomic E-state index is 4.65. The molecule has 1 N–H and O–H groups in total. The number of fused-ring (bicyclic) bond motifs is 1. The van der Waals surface area contributed by atoms with Gasteiger partial charge in [-0.3, -0.25) is 4.98 Å². The van der Waals surface area contributed by atoms with Crippen molar-refractivity contribution in [1.29, 1.82) is 0 Å². The van der Waals surface area contributed by atoms with Crippen molar-refractivity contribution in [2.45, 2.75) is 0 Å². The molecule has 0 aliphatic heterocycles. The molecular weight excluding hydrogens is 274 g/mol. The van der Waals surface area contributed by atoms with E-state index in [1.54, 1.807) is 18.6 Å². The molecule has 0 saturated heterocycles. The summed E-state index contributed by atoms with van der Waals surface area (Å²) in [6.07, 6.45) is 5.29. The summed E-state index contributed by atoms with van der Waals surface area (Å²) < 4.78 is 1.83. The van der Waals surface area contributed by atoms with Crippen LogP contribution < -0.4 is 5.32 Å². The predicted octanol–water partition coefficient (Wildman–Crippen LogP) is 3.53. The summed E-state index contributed by atoms with van der Waals surface area (Å²) in [6.45, 7) is 0. The number of hydrogen-bond acceptors (Lipinski definition) is 4. The third kappa shape index (κ3) is 2.18. The molecule has 1 aromatic carbocycles. The van der Waals surface area contributed by atoms with Gasteiger partial charge in [-0.25, -0.2) is 9.50 Å². The average molecular weight is 287 g/mol. The summed E-state index contributed by atoms with van der Waals surface area (Å²) in [5.74, 6) is 0.774. The van der Waals surface area contributed by atoms with Crippen LogP contribution >= 0.6 is 0 Å². The second-order valence-electron chi connectivity index (χ2n) is 4.83. The standard InChI is InChI=1S/C17H13N5/c1-2-5-14(6-3-1)20-17-16(13-8-11-18-12-9-13)22-15(21-17)7-4-10-19-22/h1-12,20H. The summed E-state index contributed by atoms with van der Waals surface area (Å²) in [6, 6.07) is 17.7.